The van der Waals surface area contributed by atoms with E-state index in [1.165, 1.54) is 9.13 Å². The van der Waals surface area contributed by atoms with Crippen LogP contribution in [0.25, 0.3) is 0 Å². The van der Waals surface area contributed by atoms with Gasteiger partial charge in [-0.2, -0.15) is 0 Å². The first-order valence-corrected chi connectivity index (χ1v) is 8.12. The molecule has 0 spiro atoms. The molecule has 3 saturated heterocycles. The van der Waals surface area contributed by atoms with E-state index in [1.807, 2.05) is 0 Å². The molecule has 1 aromatic rings. The summed E-state index contributed by atoms with van der Waals surface area (Å²) in [5.74, 6) is 0.791. The van der Waals surface area contributed by atoms with Crippen LogP contribution in [-0.2, 0) is 10.2 Å². The van der Waals surface area contributed by atoms with Crippen LogP contribution in [0.2, 0.25) is 0 Å². The maximum Gasteiger partial charge on any atom is 0.154 e. The van der Waals surface area contributed by atoms with Crippen LogP contribution in [0.1, 0.15) is 32.3 Å². The fraction of sp³-hybridized carbons (Fsp3) is 0.562. The number of rotatable bonds is 2. The number of carbonyl (C=O) groups is 1. The Hall–Kier alpha value is -0.420. The normalized spacial score (nSPS) is 30.7. The molecule has 2 bridgehead atoms. The second-order valence-electron chi connectivity index (χ2n) is 6.34. The van der Waals surface area contributed by atoms with Crippen molar-refractivity contribution in [1.82, 2.24) is 4.90 Å². The summed E-state index contributed by atoms with van der Waals surface area (Å²) in [6.07, 6.45) is 2.14. The lowest BCUT2D eigenvalue weighted by Gasteiger charge is -2.50. The highest BCUT2D eigenvalue weighted by atomic mass is 127. The van der Waals surface area contributed by atoms with E-state index in [0.29, 0.717) is 11.7 Å². The van der Waals surface area contributed by atoms with Crippen molar-refractivity contribution in [3.8, 4) is 0 Å². The van der Waals surface area contributed by atoms with Crippen LogP contribution in [-0.4, -0.2) is 29.8 Å². The van der Waals surface area contributed by atoms with Gasteiger partial charge in [-0.25, -0.2) is 0 Å². The zero-order valence-electron chi connectivity index (χ0n) is 11.5. The lowest BCUT2D eigenvalue weighted by atomic mass is 9.68. The van der Waals surface area contributed by atoms with Gasteiger partial charge in [-0.1, -0.05) is 26.0 Å². The number of nitrogens with zero attached hydrogens (tertiary/aromatic N) is 1. The Morgan fingerprint density at radius 1 is 1.16 bits per heavy atom. The van der Waals surface area contributed by atoms with Crippen molar-refractivity contribution in [2.75, 3.05) is 13.1 Å². The van der Waals surface area contributed by atoms with Gasteiger partial charge < -0.3 is 0 Å². The average molecular weight is 369 g/mol. The molecule has 1 atom stereocenters. The third-order valence-corrected chi connectivity index (χ3v) is 5.56. The summed E-state index contributed by atoms with van der Waals surface area (Å²) < 4.78 is 1.24. The van der Waals surface area contributed by atoms with E-state index < -0.39 is 0 Å². The van der Waals surface area contributed by atoms with Gasteiger partial charge in [-0.3, -0.25) is 9.69 Å². The Kier molecular flexibility index (Phi) is 3.46. The van der Waals surface area contributed by atoms with Crippen molar-refractivity contribution < 1.29 is 4.79 Å². The van der Waals surface area contributed by atoms with Gasteiger partial charge in [0, 0.05) is 14.9 Å². The molecule has 102 valence electrons. The van der Waals surface area contributed by atoms with Crippen molar-refractivity contribution in [1.29, 1.82) is 0 Å². The zero-order chi connectivity index (χ0) is 13.6. The second-order valence-corrected chi connectivity index (χ2v) is 7.59. The monoisotopic (exact) mass is 369 g/mol. The topological polar surface area (TPSA) is 20.3 Å². The lowest BCUT2D eigenvalue weighted by Crippen LogP contribution is -2.62. The average Bonchev–Trinajstić information content (AvgIpc) is 2.40. The van der Waals surface area contributed by atoms with Gasteiger partial charge in [-0.05, 0) is 66.2 Å². The number of piperidine rings is 3. The summed E-state index contributed by atoms with van der Waals surface area (Å²) in [7, 11) is 0. The summed E-state index contributed by atoms with van der Waals surface area (Å²) in [4.78, 5) is 15.0. The molecule has 0 amide bonds. The van der Waals surface area contributed by atoms with Crippen LogP contribution in [0, 0.1) is 9.49 Å². The summed E-state index contributed by atoms with van der Waals surface area (Å²) in [6.45, 7) is 6.63. The Balaban J connectivity index is 1.95. The van der Waals surface area contributed by atoms with E-state index in [0.717, 1.165) is 25.9 Å². The molecule has 0 aromatic heterocycles. The number of ketones is 1. The molecule has 3 fully saturated rings. The fourth-order valence-corrected chi connectivity index (χ4v) is 4.05. The first-order chi connectivity index (χ1) is 9.00. The summed E-state index contributed by atoms with van der Waals surface area (Å²) in [6, 6.07) is 8.70. The molecule has 1 aromatic carbocycles. The number of Topliss-reactive ketones (excluding diaryl/α,β-unsaturated/α-hetero) is 1. The van der Waals surface area contributed by atoms with E-state index in [9.17, 15) is 4.79 Å². The van der Waals surface area contributed by atoms with Crippen LogP contribution in [0.5, 0.6) is 0 Å². The zero-order valence-corrected chi connectivity index (χ0v) is 13.7. The van der Waals surface area contributed by atoms with Gasteiger partial charge >= 0.3 is 0 Å². The second kappa shape index (κ2) is 4.85. The molecule has 19 heavy (non-hydrogen) atoms. The minimum atomic E-state index is -0.0967. The number of hydrogen-bond acceptors (Lipinski definition) is 2. The largest absolute Gasteiger partial charge is 0.298 e. The number of halogens is 1. The molecule has 0 aliphatic carbocycles. The first-order valence-electron chi connectivity index (χ1n) is 7.04. The Morgan fingerprint density at radius 2 is 1.74 bits per heavy atom. The quantitative estimate of drug-likeness (QED) is 0.747. The molecule has 3 heterocycles. The first kappa shape index (κ1) is 13.6. The van der Waals surface area contributed by atoms with Gasteiger partial charge in [0.1, 0.15) is 0 Å². The highest BCUT2D eigenvalue weighted by molar-refractivity contribution is 14.1. The summed E-state index contributed by atoms with van der Waals surface area (Å²) in [5, 5.41) is 0. The maximum absolute atomic E-state index is 12.6. The van der Waals surface area contributed by atoms with Gasteiger partial charge in [0.15, 0.2) is 5.78 Å². The van der Waals surface area contributed by atoms with Gasteiger partial charge in [0.05, 0.1) is 6.04 Å². The number of hydrogen-bond donors (Lipinski definition) is 0. The van der Waals surface area contributed by atoms with Crippen molar-refractivity contribution >= 4 is 28.4 Å². The lowest BCUT2D eigenvalue weighted by molar-refractivity contribution is -0.140. The van der Waals surface area contributed by atoms with E-state index >= 15 is 0 Å². The molecular formula is C16H20INO. The molecule has 1 unspecified atom stereocenters. The Morgan fingerprint density at radius 3 is 2.26 bits per heavy atom. The molecule has 3 aliphatic rings. The smallest absolute Gasteiger partial charge is 0.154 e. The minimum absolute atomic E-state index is 0.0695. The van der Waals surface area contributed by atoms with Crippen molar-refractivity contribution in [2.24, 2.45) is 5.92 Å². The van der Waals surface area contributed by atoms with Crippen molar-refractivity contribution in [2.45, 2.75) is 38.1 Å². The predicted octanol–water partition coefficient (Wildman–Crippen LogP) is 3.23. The number of benzene rings is 1. The van der Waals surface area contributed by atoms with Crippen LogP contribution < -0.4 is 0 Å². The molecule has 3 aliphatic heterocycles. The highest BCUT2D eigenvalue weighted by Crippen LogP contribution is 2.39. The van der Waals surface area contributed by atoms with E-state index in [2.05, 4.69) is 65.6 Å². The van der Waals surface area contributed by atoms with Crippen LogP contribution in [0.3, 0.4) is 0 Å². The van der Waals surface area contributed by atoms with Crippen LogP contribution in [0.15, 0.2) is 24.3 Å². The standard InChI is InChI=1S/C16H20INO/c1-16(2,12-3-5-13(17)6-4-12)15-14(19)11-7-9-18(15)10-8-11/h3-6,11,15H,7-10H2,1-2H3. The molecule has 3 heteroatoms. The third-order valence-electron chi connectivity index (χ3n) is 4.84. The maximum atomic E-state index is 12.6. The predicted molar refractivity (Wildman–Crippen MR) is 85.3 cm³/mol. The highest BCUT2D eigenvalue weighted by Gasteiger charge is 2.48. The SMILES string of the molecule is CC(C)(c1ccc(I)cc1)C1C(=O)C2CCN1CC2. The fourth-order valence-electron chi connectivity index (χ4n) is 3.69. The summed E-state index contributed by atoms with van der Waals surface area (Å²) in [5.41, 5.74) is 1.18. The Labute approximate surface area is 128 Å². The van der Waals surface area contributed by atoms with E-state index in [1.54, 1.807) is 0 Å². The number of fused-ring (bicyclic) bond motifs is 3. The van der Waals surface area contributed by atoms with Gasteiger partial charge in [-0.15, -0.1) is 0 Å². The summed E-state index contributed by atoms with van der Waals surface area (Å²) >= 11 is 2.32. The molecule has 0 saturated carbocycles. The number of carbonyl (C=O) groups excluding carboxylic acids is 1. The molecular weight excluding hydrogens is 349 g/mol. The molecule has 4 rings (SSSR count). The molecule has 0 N–H and O–H groups in total. The van der Waals surface area contributed by atoms with Crippen molar-refractivity contribution in [3.05, 3.63) is 33.4 Å². The third kappa shape index (κ3) is 2.25. The van der Waals surface area contributed by atoms with E-state index in [-0.39, 0.29) is 11.5 Å². The van der Waals surface area contributed by atoms with Crippen LogP contribution in [0.4, 0.5) is 0 Å². The molecule has 0 radical (unpaired) electrons. The minimum Gasteiger partial charge on any atom is -0.298 e. The Bertz CT molecular complexity index is 486. The van der Waals surface area contributed by atoms with Gasteiger partial charge in [0.25, 0.3) is 0 Å². The van der Waals surface area contributed by atoms with Gasteiger partial charge in [0.2, 0.25) is 0 Å². The molecule has 2 nitrogen and oxygen atoms in total. The van der Waals surface area contributed by atoms with Crippen molar-refractivity contribution in [3.63, 3.8) is 0 Å². The van der Waals surface area contributed by atoms with E-state index in [4.69, 9.17) is 0 Å². The van der Waals surface area contributed by atoms with Crippen LogP contribution >= 0.6 is 22.6 Å².